The fraction of sp³-hybridized carbons (Fsp3) is 0.375. The lowest BCUT2D eigenvalue weighted by Crippen LogP contribution is -2.26. The lowest BCUT2D eigenvalue weighted by molar-refractivity contribution is 0.755. The number of anilines is 3. The highest BCUT2D eigenvalue weighted by molar-refractivity contribution is 5.70. The molecule has 0 amide bonds. The minimum absolute atomic E-state index is 0.897. The number of aryl methyl sites for hydroxylation is 2. The number of aromatic nitrogens is 2. The first-order valence-corrected chi connectivity index (χ1v) is 7.07. The van der Waals surface area contributed by atoms with Crippen LogP contribution >= 0.6 is 0 Å². The van der Waals surface area contributed by atoms with Crippen LogP contribution in [-0.4, -0.2) is 23.6 Å². The molecule has 0 unspecified atom stereocenters. The molecule has 4 nitrogen and oxygen atoms in total. The summed E-state index contributed by atoms with van der Waals surface area (Å²) in [4.78, 5) is 11.1. The zero-order valence-electron chi connectivity index (χ0n) is 12.3. The number of fused-ring (bicyclic) bond motifs is 1. The molecule has 0 saturated heterocycles. The Balaban J connectivity index is 2.09. The van der Waals surface area contributed by atoms with E-state index < -0.39 is 0 Å². The van der Waals surface area contributed by atoms with E-state index in [0.29, 0.717) is 0 Å². The zero-order chi connectivity index (χ0) is 14.1. The van der Waals surface area contributed by atoms with E-state index in [4.69, 9.17) is 0 Å². The van der Waals surface area contributed by atoms with Gasteiger partial charge in [0.2, 0.25) is 0 Å². The van der Waals surface area contributed by atoms with Crippen LogP contribution in [0, 0.1) is 13.8 Å². The van der Waals surface area contributed by atoms with Crippen LogP contribution in [0.15, 0.2) is 24.5 Å². The largest absolute Gasteiger partial charge is 0.373 e. The second kappa shape index (κ2) is 5.12. The molecule has 0 fully saturated rings. The third-order valence-electron chi connectivity index (χ3n) is 3.90. The second-order valence-electron chi connectivity index (χ2n) is 5.31. The number of rotatable bonds is 2. The summed E-state index contributed by atoms with van der Waals surface area (Å²) in [5.41, 5.74) is 5.12. The summed E-state index contributed by atoms with van der Waals surface area (Å²) in [5.74, 6) is 1.91. The van der Waals surface area contributed by atoms with E-state index >= 15 is 0 Å². The Labute approximate surface area is 119 Å². The third kappa shape index (κ3) is 2.11. The molecule has 1 aliphatic rings. The highest BCUT2D eigenvalue weighted by Gasteiger charge is 2.21. The Morgan fingerprint density at radius 2 is 2.05 bits per heavy atom. The van der Waals surface area contributed by atoms with Crippen LogP contribution in [0.1, 0.15) is 23.1 Å². The molecule has 0 aliphatic carbocycles. The molecule has 104 valence electrons. The first-order chi connectivity index (χ1) is 9.70. The lowest BCUT2D eigenvalue weighted by atomic mass is 9.99. The fourth-order valence-electron chi connectivity index (χ4n) is 2.91. The van der Waals surface area contributed by atoms with E-state index in [9.17, 15) is 0 Å². The van der Waals surface area contributed by atoms with Crippen molar-refractivity contribution < 1.29 is 0 Å². The molecule has 0 saturated carbocycles. The van der Waals surface area contributed by atoms with Gasteiger partial charge < -0.3 is 10.2 Å². The predicted octanol–water partition coefficient (Wildman–Crippen LogP) is 3.22. The topological polar surface area (TPSA) is 41.1 Å². The molecule has 0 radical (unpaired) electrons. The molecule has 0 atom stereocenters. The molecular weight excluding hydrogens is 248 g/mol. The summed E-state index contributed by atoms with van der Waals surface area (Å²) in [6.07, 6.45) is 3.95. The molecule has 0 spiro atoms. The van der Waals surface area contributed by atoms with Crippen molar-refractivity contribution >= 4 is 17.3 Å². The molecule has 1 aromatic carbocycles. The van der Waals surface area contributed by atoms with E-state index in [-0.39, 0.29) is 0 Å². The Bertz CT molecular complexity index is 636. The minimum atomic E-state index is 0.897. The lowest BCUT2D eigenvalue weighted by Gasteiger charge is -2.31. The van der Waals surface area contributed by atoms with Gasteiger partial charge in [-0.15, -0.1) is 0 Å². The zero-order valence-corrected chi connectivity index (χ0v) is 12.3. The molecule has 2 heterocycles. The van der Waals surface area contributed by atoms with Gasteiger partial charge in [0.05, 0.1) is 0 Å². The van der Waals surface area contributed by atoms with Gasteiger partial charge in [0.15, 0.2) is 0 Å². The maximum Gasteiger partial charge on any atom is 0.141 e. The van der Waals surface area contributed by atoms with Crippen molar-refractivity contribution in [3.63, 3.8) is 0 Å². The Kier molecular flexibility index (Phi) is 3.30. The third-order valence-corrected chi connectivity index (χ3v) is 3.90. The van der Waals surface area contributed by atoms with Gasteiger partial charge in [-0.05, 0) is 38.3 Å². The maximum absolute atomic E-state index is 4.51. The average Bonchev–Trinajstić information content (AvgIpc) is 2.46. The van der Waals surface area contributed by atoms with Gasteiger partial charge in [-0.2, -0.15) is 0 Å². The van der Waals surface area contributed by atoms with Crippen molar-refractivity contribution in [2.24, 2.45) is 0 Å². The van der Waals surface area contributed by atoms with Gasteiger partial charge in [0.1, 0.15) is 18.0 Å². The number of hydrogen-bond donors (Lipinski definition) is 1. The summed E-state index contributed by atoms with van der Waals surface area (Å²) < 4.78 is 0. The fourth-order valence-corrected chi connectivity index (χ4v) is 2.91. The van der Waals surface area contributed by atoms with Gasteiger partial charge in [-0.25, -0.2) is 9.97 Å². The summed E-state index contributed by atoms with van der Waals surface area (Å²) >= 11 is 0. The Morgan fingerprint density at radius 1 is 1.20 bits per heavy atom. The monoisotopic (exact) mass is 268 g/mol. The van der Waals surface area contributed by atoms with Crippen LogP contribution in [0.3, 0.4) is 0 Å². The van der Waals surface area contributed by atoms with Crippen LogP contribution in [0.2, 0.25) is 0 Å². The van der Waals surface area contributed by atoms with Crippen LogP contribution in [0.4, 0.5) is 17.3 Å². The molecule has 1 aromatic heterocycles. The van der Waals surface area contributed by atoms with Crippen LogP contribution in [0.25, 0.3) is 0 Å². The van der Waals surface area contributed by atoms with Crippen molar-refractivity contribution in [2.45, 2.75) is 26.7 Å². The number of benzene rings is 1. The van der Waals surface area contributed by atoms with Gasteiger partial charge in [-0.3, -0.25) is 0 Å². The van der Waals surface area contributed by atoms with E-state index in [1.165, 1.54) is 16.8 Å². The van der Waals surface area contributed by atoms with Gasteiger partial charge in [0.25, 0.3) is 0 Å². The quantitative estimate of drug-likeness (QED) is 0.908. The summed E-state index contributed by atoms with van der Waals surface area (Å²) in [6.45, 7) is 5.23. The molecule has 4 heteroatoms. The smallest absolute Gasteiger partial charge is 0.141 e. The van der Waals surface area contributed by atoms with E-state index in [1.807, 2.05) is 7.05 Å². The second-order valence-corrected chi connectivity index (χ2v) is 5.31. The first kappa shape index (κ1) is 12.9. The Morgan fingerprint density at radius 3 is 2.85 bits per heavy atom. The summed E-state index contributed by atoms with van der Waals surface area (Å²) in [6, 6.07) is 6.67. The highest BCUT2D eigenvalue weighted by Crippen LogP contribution is 2.35. The first-order valence-electron chi connectivity index (χ1n) is 7.07. The molecule has 20 heavy (non-hydrogen) atoms. The van der Waals surface area contributed by atoms with Crippen molar-refractivity contribution in [1.29, 1.82) is 0 Å². The van der Waals surface area contributed by atoms with E-state index in [1.54, 1.807) is 6.33 Å². The molecule has 1 N–H and O–H groups in total. The van der Waals surface area contributed by atoms with Crippen molar-refractivity contribution in [3.05, 3.63) is 41.2 Å². The van der Waals surface area contributed by atoms with Crippen LogP contribution in [-0.2, 0) is 6.42 Å². The number of hydrogen-bond acceptors (Lipinski definition) is 4. The summed E-state index contributed by atoms with van der Waals surface area (Å²) in [5, 5.41) is 3.13. The maximum atomic E-state index is 4.51. The van der Waals surface area contributed by atoms with Crippen molar-refractivity contribution in [3.8, 4) is 0 Å². The molecular formula is C16H20N4. The highest BCUT2D eigenvalue weighted by atomic mass is 15.2. The summed E-state index contributed by atoms with van der Waals surface area (Å²) in [7, 11) is 1.90. The van der Waals surface area contributed by atoms with Crippen molar-refractivity contribution in [2.75, 3.05) is 23.8 Å². The van der Waals surface area contributed by atoms with E-state index in [2.05, 4.69) is 52.2 Å². The number of nitrogens with one attached hydrogen (secondary N) is 1. The molecule has 3 rings (SSSR count). The molecule has 2 aromatic rings. The standard InChI is InChI=1S/C16H20N4/c1-11-6-7-14-13(9-11)5-4-8-20(14)16-12(2)15(17-3)18-10-19-16/h6-7,9-10H,4-5,8H2,1-3H3,(H,17,18,19). The van der Waals surface area contributed by atoms with Gasteiger partial charge >= 0.3 is 0 Å². The molecule has 0 bridgehead atoms. The predicted molar refractivity (Wildman–Crippen MR) is 82.8 cm³/mol. The van der Waals surface area contributed by atoms with Gasteiger partial charge in [-0.1, -0.05) is 17.7 Å². The van der Waals surface area contributed by atoms with Crippen LogP contribution in [0.5, 0.6) is 0 Å². The molecule has 1 aliphatic heterocycles. The average molecular weight is 268 g/mol. The normalized spacial score (nSPS) is 14.1. The Hall–Kier alpha value is -2.10. The SMILES string of the molecule is CNc1ncnc(N2CCCc3cc(C)ccc32)c1C. The van der Waals surface area contributed by atoms with Crippen molar-refractivity contribution in [1.82, 2.24) is 9.97 Å². The van der Waals surface area contributed by atoms with Crippen LogP contribution < -0.4 is 10.2 Å². The number of nitrogens with zero attached hydrogens (tertiary/aromatic N) is 3. The minimum Gasteiger partial charge on any atom is -0.373 e. The van der Waals surface area contributed by atoms with E-state index in [0.717, 1.165) is 36.6 Å². The van der Waals surface area contributed by atoms with Gasteiger partial charge in [0, 0.05) is 24.8 Å².